The van der Waals surface area contributed by atoms with Gasteiger partial charge in [0.05, 0.1) is 6.61 Å². The maximum Gasteiger partial charge on any atom is 0.0886 e. The Bertz CT molecular complexity index is 377. The number of hydrogen-bond acceptors (Lipinski definition) is 0. The molecule has 0 spiro atoms. The van der Waals surface area contributed by atoms with Crippen molar-refractivity contribution in [1.82, 2.24) is 0 Å². The molecule has 0 aliphatic heterocycles. The second kappa shape index (κ2) is 16.6. The van der Waals surface area contributed by atoms with Gasteiger partial charge in [-0.2, -0.15) is 0 Å². The molecule has 0 unspecified atom stereocenters. The molecule has 33 heavy (non-hydrogen) atoms. The highest BCUT2D eigenvalue weighted by Crippen LogP contribution is 2.54. The van der Waals surface area contributed by atoms with E-state index in [4.69, 9.17) is 0 Å². The second-order valence-electron chi connectivity index (χ2n) is 12.5. The maximum atomic E-state index is 13.7. The van der Waals surface area contributed by atoms with Crippen LogP contribution >= 0.6 is 0 Å². The highest BCUT2D eigenvalue weighted by Gasteiger charge is 2.49. The first-order valence-electron chi connectivity index (χ1n) is 16.0. The average Bonchev–Trinajstić information content (AvgIpc) is 2.86. The molecule has 1 nitrogen and oxygen atoms in total. The van der Waals surface area contributed by atoms with Gasteiger partial charge in [0.1, 0.15) is 0 Å². The van der Waals surface area contributed by atoms with Crippen LogP contribution in [0.25, 0.3) is 0 Å². The summed E-state index contributed by atoms with van der Waals surface area (Å²) >= 11 is 0. The Hall–Kier alpha value is -0.0400. The first-order valence-corrected chi connectivity index (χ1v) is 16.0. The Kier molecular flexibility index (Phi) is 13.9. The number of rotatable bonds is 4. The summed E-state index contributed by atoms with van der Waals surface area (Å²) < 4.78 is 0. The SMILES string of the molecule is [O]CC(C1CCCCCCCCC1)(C1CCCCCCCCC1)C1CCCCCCCCC1. The molecule has 0 atom stereocenters. The van der Waals surface area contributed by atoms with Gasteiger partial charge in [-0.25, -0.2) is 5.11 Å². The summed E-state index contributed by atoms with van der Waals surface area (Å²) in [7, 11) is 0. The van der Waals surface area contributed by atoms with E-state index in [0.29, 0.717) is 17.8 Å². The normalized spacial score (nSPS) is 26.5. The van der Waals surface area contributed by atoms with E-state index in [1.807, 2.05) is 0 Å². The molecular weight excluding hydrogens is 400 g/mol. The molecule has 0 heterocycles. The Morgan fingerprint density at radius 3 is 0.697 bits per heavy atom. The standard InChI is InChI=1S/C32H59O/c33-28-32(29-22-16-10-4-1-5-11-17-23-29,30-24-18-12-6-2-7-13-19-25-30)31-26-20-14-8-3-9-15-21-27-31/h29-31H,1-28H2. The van der Waals surface area contributed by atoms with Crippen LogP contribution in [0.1, 0.15) is 173 Å². The molecule has 0 N–H and O–H groups in total. The van der Waals surface area contributed by atoms with Gasteiger partial charge in [-0.05, 0) is 56.3 Å². The van der Waals surface area contributed by atoms with Crippen LogP contribution in [0.3, 0.4) is 0 Å². The Morgan fingerprint density at radius 2 is 0.515 bits per heavy atom. The van der Waals surface area contributed by atoms with Crippen molar-refractivity contribution in [3.05, 3.63) is 0 Å². The zero-order valence-corrected chi connectivity index (χ0v) is 22.4. The fraction of sp³-hybridized carbons (Fsp3) is 1.00. The first kappa shape index (κ1) is 27.5. The van der Waals surface area contributed by atoms with Crippen molar-refractivity contribution < 1.29 is 5.11 Å². The summed E-state index contributed by atoms with van der Waals surface area (Å²) in [5, 5.41) is 13.7. The van der Waals surface area contributed by atoms with Gasteiger partial charge in [-0.3, -0.25) is 0 Å². The molecule has 3 aliphatic carbocycles. The monoisotopic (exact) mass is 459 g/mol. The topological polar surface area (TPSA) is 19.9 Å². The summed E-state index contributed by atoms with van der Waals surface area (Å²) in [6.45, 7) is 0.243. The van der Waals surface area contributed by atoms with Crippen molar-refractivity contribution >= 4 is 0 Å². The first-order chi connectivity index (χ1) is 16.4. The summed E-state index contributed by atoms with van der Waals surface area (Å²) in [4.78, 5) is 0. The minimum Gasteiger partial charge on any atom is -0.236 e. The lowest BCUT2D eigenvalue weighted by Gasteiger charge is -2.51. The van der Waals surface area contributed by atoms with E-state index in [1.54, 1.807) is 0 Å². The van der Waals surface area contributed by atoms with E-state index in [9.17, 15) is 5.11 Å². The summed E-state index contributed by atoms with van der Waals surface area (Å²) in [5.74, 6) is 2.15. The van der Waals surface area contributed by atoms with Crippen molar-refractivity contribution in [2.75, 3.05) is 6.61 Å². The molecule has 3 rings (SSSR count). The van der Waals surface area contributed by atoms with E-state index in [-0.39, 0.29) is 12.0 Å². The molecule has 3 saturated carbocycles. The van der Waals surface area contributed by atoms with Crippen molar-refractivity contribution in [3.8, 4) is 0 Å². The Labute approximate surface area is 208 Å². The van der Waals surface area contributed by atoms with Crippen molar-refractivity contribution in [2.24, 2.45) is 23.2 Å². The summed E-state index contributed by atoms with van der Waals surface area (Å²) in [6, 6.07) is 0. The minimum absolute atomic E-state index is 0.109. The molecule has 0 aromatic heterocycles. The van der Waals surface area contributed by atoms with Gasteiger partial charge < -0.3 is 0 Å². The summed E-state index contributed by atoms with van der Waals surface area (Å²) in [6.07, 6.45) is 38.0. The molecular formula is C32H59O. The van der Waals surface area contributed by atoms with Crippen molar-refractivity contribution in [3.63, 3.8) is 0 Å². The molecule has 3 aliphatic rings. The minimum atomic E-state index is 0.109. The second-order valence-corrected chi connectivity index (χ2v) is 12.5. The quantitative estimate of drug-likeness (QED) is 0.398. The van der Waals surface area contributed by atoms with Gasteiger partial charge in [-0.1, -0.05) is 135 Å². The maximum absolute atomic E-state index is 13.7. The zero-order chi connectivity index (χ0) is 23.0. The molecule has 0 aromatic carbocycles. The Morgan fingerprint density at radius 1 is 0.333 bits per heavy atom. The van der Waals surface area contributed by atoms with Gasteiger partial charge in [0, 0.05) is 5.41 Å². The lowest BCUT2D eigenvalue weighted by atomic mass is 9.53. The van der Waals surface area contributed by atoms with Crippen LogP contribution in [0.5, 0.6) is 0 Å². The molecule has 3 fully saturated rings. The van der Waals surface area contributed by atoms with E-state index in [0.717, 1.165) is 0 Å². The van der Waals surface area contributed by atoms with Crippen LogP contribution in [-0.2, 0) is 5.11 Å². The molecule has 1 radical (unpaired) electrons. The molecule has 0 bridgehead atoms. The van der Waals surface area contributed by atoms with Crippen LogP contribution in [0, 0.1) is 23.2 Å². The fourth-order valence-electron chi connectivity index (χ4n) is 8.40. The van der Waals surface area contributed by atoms with Gasteiger partial charge in [-0.15, -0.1) is 0 Å². The van der Waals surface area contributed by atoms with Crippen LogP contribution in [-0.4, -0.2) is 6.61 Å². The van der Waals surface area contributed by atoms with E-state index < -0.39 is 0 Å². The van der Waals surface area contributed by atoms with Crippen LogP contribution in [0.2, 0.25) is 0 Å². The van der Waals surface area contributed by atoms with Crippen molar-refractivity contribution in [2.45, 2.75) is 173 Å². The smallest absolute Gasteiger partial charge is 0.0886 e. The largest absolute Gasteiger partial charge is 0.236 e. The van der Waals surface area contributed by atoms with E-state index >= 15 is 0 Å². The molecule has 0 amide bonds. The van der Waals surface area contributed by atoms with Gasteiger partial charge in [0.15, 0.2) is 0 Å². The molecule has 1 heteroatoms. The molecule has 0 aromatic rings. The van der Waals surface area contributed by atoms with Gasteiger partial charge in [0.2, 0.25) is 0 Å². The lowest BCUT2D eigenvalue weighted by molar-refractivity contribution is -0.0938. The number of hydrogen-bond donors (Lipinski definition) is 0. The third kappa shape index (κ3) is 8.84. The lowest BCUT2D eigenvalue weighted by Crippen LogP contribution is -2.48. The van der Waals surface area contributed by atoms with Gasteiger partial charge >= 0.3 is 0 Å². The molecule has 193 valence electrons. The zero-order valence-electron chi connectivity index (χ0n) is 22.4. The third-order valence-corrected chi connectivity index (χ3v) is 10.3. The van der Waals surface area contributed by atoms with Crippen LogP contribution in [0.4, 0.5) is 0 Å². The summed E-state index contributed by atoms with van der Waals surface area (Å²) in [5.41, 5.74) is 0.109. The van der Waals surface area contributed by atoms with Crippen molar-refractivity contribution in [1.29, 1.82) is 0 Å². The van der Waals surface area contributed by atoms with Gasteiger partial charge in [0.25, 0.3) is 0 Å². The van der Waals surface area contributed by atoms with E-state index in [2.05, 4.69) is 0 Å². The molecule has 0 saturated heterocycles. The third-order valence-electron chi connectivity index (χ3n) is 10.3. The Balaban J connectivity index is 1.89. The fourth-order valence-corrected chi connectivity index (χ4v) is 8.40. The van der Waals surface area contributed by atoms with Crippen LogP contribution in [0.15, 0.2) is 0 Å². The highest BCUT2D eigenvalue weighted by atomic mass is 16.3. The average molecular weight is 460 g/mol. The highest BCUT2D eigenvalue weighted by molar-refractivity contribution is 4.97. The predicted molar refractivity (Wildman–Crippen MR) is 143 cm³/mol. The predicted octanol–water partition coefficient (Wildman–Crippen LogP) is 10.8. The van der Waals surface area contributed by atoms with E-state index in [1.165, 1.54) is 173 Å². The van der Waals surface area contributed by atoms with Crippen LogP contribution < -0.4 is 0 Å².